The summed E-state index contributed by atoms with van der Waals surface area (Å²) < 4.78 is 40.5. The third kappa shape index (κ3) is 2.72. The molecule has 160 valence electrons. The van der Waals surface area contributed by atoms with Gasteiger partial charge in [-0.05, 0) is 62.5 Å². The fraction of sp³-hybridized carbons (Fsp3) is 0.423. The van der Waals surface area contributed by atoms with E-state index < -0.39 is 11.7 Å². The number of pyridine rings is 1. The van der Waals surface area contributed by atoms with E-state index in [2.05, 4.69) is 11.0 Å². The highest BCUT2D eigenvalue weighted by Crippen LogP contribution is 2.64. The van der Waals surface area contributed by atoms with Crippen LogP contribution in [0.1, 0.15) is 61.1 Å². The smallest absolute Gasteiger partial charge is 0.293 e. The van der Waals surface area contributed by atoms with E-state index in [1.165, 1.54) is 54.3 Å². The Kier molecular flexibility index (Phi) is 4.23. The summed E-state index contributed by atoms with van der Waals surface area (Å²) in [5.41, 5.74) is 4.09. The van der Waals surface area contributed by atoms with Gasteiger partial charge in [0.2, 0.25) is 0 Å². The number of fused-ring (bicyclic) bond motifs is 6. The van der Waals surface area contributed by atoms with E-state index in [0.29, 0.717) is 11.5 Å². The maximum atomic E-state index is 13.5. The minimum Gasteiger partial charge on any atom is -0.293 e. The number of alkyl halides is 3. The molecule has 1 saturated carbocycles. The molecule has 3 aliphatic rings. The number of para-hydroxylation sites is 1. The summed E-state index contributed by atoms with van der Waals surface area (Å²) in [5.74, 6) is 0.451. The summed E-state index contributed by atoms with van der Waals surface area (Å²) in [4.78, 5) is 7.63. The lowest BCUT2D eigenvalue weighted by atomic mass is 9.53. The molecule has 2 heterocycles. The summed E-state index contributed by atoms with van der Waals surface area (Å²) in [5, 5.41) is 1.18. The third-order valence-corrected chi connectivity index (χ3v) is 7.72. The van der Waals surface area contributed by atoms with Crippen molar-refractivity contribution in [2.45, 2.75) is 56.2 Å². The molecule has 2 fully saturated rings. The Balaban J connectivity index is 1.64. The molecule has 6 rings (SSSR count). The van der Waals surface area contributed by atoms with Gasteiger partial charge in [0.25, 0.3) is 0 Å². The minimum absolute atomic E-state index is 0.0648. The predicted molar refractivity (Wildman–Crippen MR) is 116 cm³/mol. The van der Waals surface area contributed by atoms with Crippen molar-refractivity contribution in [2.75, 3.05) is 13.1 Å². The predicted octanol–water partition coefficient (Wildman–Crippen LogP) is 6.88. The van der Waals surface area contributed by atoms with Gasteiger partial charge in [-0.2, -0.15) is 13.2 Å². The maximum absolute atomic E-state index is 13.5. The van der Waals surface area contributed by atoms with Crippen molar-refractivity contribution < 1.29 is 13.2 Å². The van der Waals surface area contributed by atoms with E-state index in [4.69, 9.17) is 4.98 Å². The quantitative estimate of drug-likeness (QED) is 0.447. The van der Waals surface area contributed by atoms with Gasteiger partial charge in [-0.15, -0.1) is 0 Å². The number of likely N-dealkylation sites (tertiary alicyclic amines) is 1. The monoisotopic (exact) mass is 422 g/mol. The lowest BCUT2D eigenvalue weighted by Crippen LogP contribution is -2.57. The van der Waals surface area contributed by atoms with Crippen molar-refractivity contribution in [1.82, 2.24) is 9.88 Å². The number of hydrogen-bond donors (Lipinski definition) is 0. The number of halogens is 3. The first-order valence-electron chi connectivity index (χ1n) is 11.4. The topological polar surface area (TPSA) is 16.1 Å². The minimum atomic E-state index is -4.36. The van der Waals surface area contributed by atoms with Gasteiger partial charge in [-0.1, -0.05) is 43.2 Å². The molecule has 5 heteroatoms. The maximum Gasteiger partial charge on any atom is 0.416 e. The van der Waals surface area contributed by atoms with E-state index in [1.54, 1.807) is 6.07 Å². The Hall–Kier alpha value is -2.40. The molecule has 1 aromatic heterocycles. The van der Waals surface area contributed by atoms with Gasteiger partial charge in [-0.25, -0.2) is 4.98 Å². The zero-order valence-corrected chi connectivity index (χ0v) is 17.4. The van der Waals surface area contributed by atoms with Crippen molar-refractivity contribution in [1.29, 1.82) is 0 Å². The second-order valence-corrected chi connectivity index (χ2v) is 9.26. The molecule has 0 N–H and O–H groups in total. The first-order valence-corrected chi connectivity index (χ1v) is 11.4. The Bertz CT molecular complexity index is 1160. The first kappa shape index (κ1) is 19.3. The molecule has 2 nitrogen and oxygen atoms in total. The number of nitrogens with zero attached hydrogens (tertiary/aromatic N) is 2. The van der Waals surface area contributed by atoms with E-state index in [1.807, 2.05) is 18.2 Å². The van der Waals surface area contributed by atoms with Crippen LogP contribution in [-0.4, -0.2) is 23.0 Å². The summed E-state index contributed by atoms with van der Waals surface area (Å²) in [7, 11) is 0. The molecular formula is C26H25F3N2. The van der Waals surface area contributed by atoms with Crippen LogP contribution in [0.25, 0.3) is 22.2 Å². The Morgan fingerprint density at radius 1 is 0.935 bits per heavy atom. The highest BCUT2D eigenvalue weighted by molar-refractivity contribution is 5.91. The largest absolute Gasteiger partial charge is 0.416 e. The number of rotatable bonds is 2. The van der Waals surface area contributed by atoms with Crippen LogP contribution >= 0.6 is 0 Å². The molecule has 1 aliphatic heterocycles. The van der Waals surface area contributed by atoms with E-state index >= 15 is 0 Å². The van der Waals surface area contributed by atoms with Crippen LogP contribution in [0.15, 0.2) is 48.5 Å². The molecule has 1 saturated heterocycles. The van der Waals surface area contributed by atoms with E-state index in [9.17, 15) is 13.2 Å². The summed E-state index contributed by atoms with van der Waals surface area (Å²) in [6, 6.07) is 13.9. The average molecular weight is 422 g/mol. The molecule has 2 aromatic carbocycles. The molecule has 31 heavy (non-hydrogen) atoms. The third-order valence-electron chi connectivity index (χ3n) is 7.72. The van der Waals surface area contributed by atoms with Gasteiger partial charge >= 0.3 is 6.18 Å². The molecule has 0 unspecified atom stereocenters. The standard InChI is InChI=1S/C26H25F3N2/c27-26(28,29)18-9-7-8-17(16-18)24-23-22(19-10-1-2-12-21(19)30-24)20-11-3-4-13-25(20,23)31-14-5-6-15-31/h1-2,7-10,12,16,20H,3-6,11,13-15H2/t20-,25+/m0/s1. The molecule has 3 aromatic rings. The van der Waals surface area contributed by atoms with Crippen molar-refractivity contribution in [2.24, 2.45) is 0 Å². The van der Waals surface area contributed by atoms with Crippen LogP contribution in [-0.2, 0) is 11.7 Å². The van der Waals surface area contributed by atoms with Crippen molar-refractivity contribution in [3.05, 3.63) is 65.2 Å². The molecular weight excluding hydrogens is 397 g/mol. The highest BCUT2D eigenvalue weighted by Gasteiger charge is 2.58. The molecule has 0 radical (unpaired) electrons. The summed E-state index contributed by atoms with van der Waals surface area (Å²) >= 11 is 0. The van der Waals surface area contributed by atoms with Gasteiger partial charge in [-0.3, -0.25) is 4.90 Å². The van der Waals surface area contributed by atoms with Crippen molar-refractivity contribution in [3.63, 3.8) is 0 Å². The van der Waals surface area contributed by atoms with Crippen LogP contribution in [0.3, 0.4) is 0 Å². The van der Waals surface area contributed by atoms with E-state index in [-0.39, 0.29) is 5.54 Å². The zero-order valence-electron chi connectivity index (χ0n) is 17.4. The van der Waals surface area contributed by atoms with Gasteiger partial charge in [0, 0.05) is 22.4 Å². The number of hydrogen-bond acceptors (Lipinski definition) is 2. The molecule has 0 bridgehead atoms. The van der Waals surface area contributed by atoms with Crippen molar-refractivity contribution in [3.8, 4) is 11.3 Å². The van der Waals surface area contributed by atoms with E-state index in [0.717, 1.165) is 43.2 Å². The van der Waals surface area contributed by atoms with Crippen LogP contribution in [0.2, 0.25) is 0 Å². The Morgan fingerprint density at radius 2 is 1.74 bits per heavy atom. The first-order chi connectivity index (χ1) is 15.0. The zero-order chi connectivity index (χ0) is 21.2. The number of benzene rings is 2. The van der Waals surface area contributed by atoms with Crippen LogP contribution < -0.4 is 0 Å². The molecule has 2 atom stereocenters. The summed E-state index contributed by atoms with van der Waals surface area (Å²) in [6.45, 7) is 2.15. The second kappa shape index (κ2) is 6.80. The van der Waals surface area contributed by atoms with Crippen LogP contribution in [0.5, 0.6) is 0 Å². The van der Waals surface area contributed by atoms with Crippen molar-refractivity contribution >= 4 is 10.9 Å². The van der Waals surface area contributed by atoms with Crippen LogP contribution in [0, 0.1) is 0 Å². The molecule has 0 amide bonds. The van der Waals surface area contributed by atoms with Gasteiger partial charge < -0.3 is 0 Å². The summed E-state index contributed by atoms with van der Waals surface area (Å²) in [6.07, 6.45) is 2.65. The SMILES string of the molecule is FC(F)(F)c1cccc(-c2nc3ccccc3c3c2[C@@]2(N4CCCC4)CCCC[C@@H]32)c1. The normalized spacial score (nSPS) is 25.8. The fourth-order valence-corrected chi connectivity index (χ4v) is 6.50. The lowest BCUT2D eigenvalue weighted by molar-refractivity contribution is -0.137. The fourth-order valence-electron chi connectivity index (χ4n) is 6.50. The van der Waals surface area contributed by atoms with Crippen LogP contribution in [0.4, 0.5) is 13.2 Å². The van der Waals surface area contributed by atoms with Gasteiger partial charge in [0.15, 0.2) is 0 Å². The van der Waals surface area contributed by atoms with Gasteiger partial charge in [0.05, 0.1) is 22.3 Å². The van der Waals surface area contributed by atoms with Gasteiger partial charge in [0.1, 0.15) is 0 Å². The number of aromatic nitrogens is 1. The average Bonchev–Trinajstić information content (AvgIpc) is 3.30. The second-order valence-electron chi connectivity index (χ2n) is 9.26. The molecule has 0 spiro atoms. The lowest BCUT2D eigenvalue weighted by Gasteiger charge is -2.59. The Labute approximate surface area is 180 Å². The molecule has 2 aliphatic carbocycles. The Morgan fingerprint density at radius 3 is 2.55 bits per heavy atom. The highest BCUT2D eigenvalue weighted by atomic mass is 19.4.